The third-order valence-corrected chi connectivity index (χ3v) is 2.50. The molecule has 0 aliphatic heterocycles. The van der Waals surface area contributed by atoms with Gasteiger partial charge in [-0.15, -0.1) is 24.0 Å². The Hall–Kier alpha value is -0.250. The van der Waals surface area contributed by atoms with Crippen molar-refractivity contribution in [1.82, 2.24) is 10.6 Å². The number of nitrogens with zero attached hydrogens (tertiary/aromatic N) is 1. The van der Waals surface area contributed by atoms with Gasteiger partial charge in [-0.25, -0.2) is 0 Å². The summed E-state index contributed by atoms with van der Waals surface area (Å²) in [5.41, 5.74) is 0. The lowest BCUT2D eigenvalue weighted by Gasteiger charge is -2.12. The van der Waals surface area contributed by atoms with E-state index in [1.165, 1.54) is 0 Å². The predicted molar refractivity (Wildman–Crippen MR) is 90.3 cm³/mol. The van der Waals surface area contributed by atoms with Crippen molar-refractivity contribution >= 4 is 29.9 Å². The molecule has 0 fully saturated rings. The Labute approximate surface area is 142 Å². The maximum atomic E-state index is 11.8. The summed E-state index contributed by atoms with van der Waals surface area (Å²) in [7, 11) is 1.66. The van der Waals surface area contributed by atoms with E-state index < -0.39 is 12.8 Å². The van der Waals surface area contributed by atoms with E-state index >= 15 is 0 Å². The van der Waals surface area contributed by atoms with Crippen molar-refractivity contribution in [2.45, 2.75) is 39.3 Å². The van der Waals surface area contributed by atoms with Crippen LogP contribution >= 0.6 is 24.0 Å². The van der Waals surface area contributed by atoms with Gasteiger partial charge < -0.3 is 15.4 Å². The topological polar surface area (TPSA) is 45.7 Å². The summed E-state index contributed by atoms with van der Waals surface area (Å²) < 4.78 is 39.9. The van der Waals surface area contributed by atoms with Crippen molar-refractivity contribution in [3.8, 4) is 0 Å². The van der Waals surface area contributed by atoms with Gasteiger partial charge in [0.05, 0.1) is 0 Å². The van der Waals surface area contributed by atoms with E-state index in [0.717, 1.165) is 19.4 Å². The van der Waals surface area contributed by atoms with Crippen LogP contribution in [0, 0.1) is 5.92 Å². The molecule has 0 aromatic rings. The molecule has 0 spiro atoms. The average Bonchev–Trinajstić information content (AvgIpc) is 2.34. The molecule has 0 aromatic heterocycles. The summed E-state index contributed by atoms with van der Waals surface area (Å²) in [6.07, 6.45) is -1.54. The Morgan fingerprint density at radius 1 is 1.14 bits per heavy atom. The summed E-state index contributed by atoms with van der Waals surface area (Å²) in [4.78, 5) is 4.04. The fourth-order valence-corrected chi connectivity index (χ4v) is 1.51. The van der Waals surface area contributed by atoms with Crippen LogP contribution in [0.2, 0.25) is 0 Å². The van der Waals surface area contributed by atoms with Crippen LogP contribution in [0.1, 0.15) is 33.1 Å². The first-order valence-electron chi connectivity index (χ1n) is 6.94. The molecule has 0 heterocycles. The Kier molecular flexibility index (Phi) is 14.7. The minimum Gasteiger partial charge on any atom is -0.372 e. The number of rotatable bonds is 9. The number of hydrogen-bond acceptors (Lipinski definition) is 2. The lowest BCUT2D eigenvalue weighted by Crippen LogP contribution is -2.38. The van der Waals surface area contributed by atoms with Crippen molar-refractivity contribution in [2.75, 3.05) is 33.4 Å². The van der Waals surface area contributed by atoms with Crippen LogP contribution in [0.4, 0.5) is 13.2 Å². The molecule has 0 saturated heterocycles. The van der Waals surface area contributed by atoms with Crippen LogP contribution in [0.15, 0.2) is 4.99 Å². The number of aliphatic imine (C=N–C) groups is 1. The van der Waals surface area contributed by atoms with E-state index in [1.807, 2.05) is 0 Å². The van der Waals surface area contributed by atoms with Gasteiger partial charge in [-0.1, -0.05) is 13.8 Å². The molecule has 0 atom stereocenters. The van der Waals surface area contributed by atoms with Crippen LogP contribution in [-0.4, -0.2) is 45.5 Å². The van der Waals surface area contributed by atoms with Crippen molar-refractivity contribution in [3.63, 3.8) is 0 Å². The average molecular weight is 425 g/mol. The van der Waals surface area contributed by atoms with Crippen LogP contribution in [0.25, 0.3) is 0 Å². The van der Waals surface area contributed by atoms with Gasteiger partial charge in [0.1, 0.15) is 6.61 Å². The minimum absolute atomic E-state index is 0. The van der Waals surface area contributed by atoms with Crippen molar-refractivity contribution in [3.05, 3.63) is 0 Å². The Morgan fingerprint density at radius 2 is 1.71 bits per heavy atom. The van der Waals surface area contributed by atoms with Gasteiger partial charge >= 0.3 is 6.18 Å². The summed E-state index contributed by atoms with van der Waals surface area (Å²) in [5, 5.41) is 6.19. The molecule has 0 bridgehead atoms. The molecule has 0 saturated carbocycles. The van der Waals surface area contributed by atoms with Crippen LogP contribution in [0.3, 0.4) is 0 Å². The molecule has 0 amide bonds. The lowest BCUT2D eigenvalue weighted by atomic mass is 10.1. The highest BCUT2D eigenvalue weighted by atomic mass is 127. The second kappa shape index (κ2) is 13.4. The molecule has 0 aliphatic carbocycles. The smallest absolute Gasteiger partial charge is 0.372 e. The molecular weight excluding hydrogens is 398 g/mol. The SMILES string of the molecule is CN=C(NCCCOCC(F)(F)F)NCCCC(C)C.I. The van der Waals surface area contributed by atoms with Crippen LogP contribution < -0.4 is 10.6 Å². The summed E-state index contributed by atoms with van der Waals surface area (Å²) in [6, 6.07) is 0. The first-order chi connectivity index (χ1) is 9.35. The minimum atomic E-state index is -4.25. The molecule has 0 rings (SSSR count). The van der Waals surface area contributed by atoms with Crippen LogP contribution in [0.5, 0.6) is 0 Å². The Balaban J connectivity index is 0. The summed E-state index contributed by atoms with van der Waals surface area (Å²) in [5.74, 6) is 1.35. The lowest BCUT2D eigenvalue weighted by molar-refractivity contribution is -0.173. The van der Waals surface area contributed by atoms with Gasteiger partial charge in [-0.05, 0) is 25.2 Å². The van der Waals surface area contributed by atoms with Crippen molar-refractivity contribution in [2.24, 2.45) is 10.9 Å². The number of halogens is 4. The fourth-order valence-electron chi connectivity index (χ4n) is 1.51. The molecule has 4 nitrogen and oxygen atoms in total. The maximum absolute atomic E-state index is 11.8. The molecule has 2 N–H and O–H groups in total. The third-order valence-electron chi connectivity index (χ3n) is 2.50. The van der Waals surface area contributed by atoms with Crippen LogP contribution in [-0.2, 0) is 4.74 Å². The van der Waals surface area contributed by atoms with E-state index in [2.05, 4.69) is 34.2 Å². The molecule has 0 aliphatic rings. The van der Waals surface area contributed by atoms with E-state index in [1.54, 1.807) is 7.05 Å². The normalized spacial score (nSPS) is 12.2. The Bertz CT molecular complexity index is 274. The van der Waals surface area contributed by atoms with E-state index in [0.29, 0.717) is 24.8 Å². The first-order valence-corrected chi connectivity index (χ1v) is 6.94. The number of guanidine groups is 1. The van der Waals surface area contributed by atoms with Gasteiger partial charge in [0.2, 0.25) is 0 Å². The molecule has 21 heavy (non-hydrogen) atoms. The highest BCUT2D eigenvalue weighted by molar-refractivity contribution is 14.0. The Morgan fingerprint density at radius 3 is 2.19 bits per heavy atom. The van der Waals surface area contributed by atoms with E-state index in [4.69, 9.17) is 0 Å². The zero-order valence-electron chi connectivity index (χ0n) is 12.9. The monoisotopic (exact) mass is 425 g/mol. The van der Waals surface area contributed by atoms with E-state index in [9.17, 15) is 13.2 Å². The largest absolute Gasteiger partial charge is 0.411 e. The van der Waals surface area contributed by atoms with Gasteiger partial charge in [0, 0.05) is 26.7 Å². The molecule has 0 aromatic carbocycles. The van der Waals surface area contributed by atoms with Crippen molar-refractivity contribution < 1.29 is 17.9 Å². The van der Waals surface area contributed by atoms with Crippen molar-refractivity contribution in [1.29, 1.82) is 0 Å². The molecule has 0 radical (unpaired) electrons. The maximum Gasteiger partial charge on any atom is 0.411 e. The van der Waals surface area contributed by atoms with E-state index in [-0.39, 0.29) is 30.6 Å². The van der Waals surface area contributed by atoms with Gasteiger partial charge in [0.15, 0.2) is 5.96 Å². The number of nitrogens with one attached hydrogen (secondary N) is 2. The highest BCUT2D eigenvalue weighted by Crippen LogP contribution is 2.14. The molecule has 0 unspecified atom stereocenters. The predicted octanol–water partition coefficient (Wildman–Crippen LogP) is 3.17. The first kappa shape index (κ1) is 23.0. The second-order valence-corrected chi connectivity index (χ2v) is 4.98. The molecule has 8 heteroatoms. The summed E-state index contributed by atoms with van der Waals surface area (Å²) >= 11 is 0. The van der Waals surface area contributed by atoms with Gasteiger partial charge in [-0.2, -0.15) is 13.2 Å². The van der Waals surface area contributed by atoms with Gasteiger partial charge in [0.25, 0.3) is 0 Å². The fraction of sp³-hybridized carbons (Fsp3) is 0.923. The highest BCUT2D eigenvalue weighted by Gasteiger charge is 2.27. The standard InChI is InChI=1S/C13H26F3N3O.HI/c1-11(2)6-4-7-18-12(17-3)19-8-5-9-20-10-13(14,15)16;/h11H,4-10H2,1-3H3,(H2,17,18,19);1H. The quantitative estimate of drug-likeness (QED) is 0.258. The number of hydrogen-bond donors (Lipinski definition) is 2. The summed E-state index contributed by atoms with van der Waals surface area (Å²) in [6.45, 7) is 4.61. The number of ether oxygens (including phenoxy) is 1. The molecular formula is C13H27F3IN3O. The zero-order chi connectivity index (χ0) is 15.4. The zero-order valence-corrected chi connectivity index (χ0v) is 15.3. The second-order valence-electron chi connectivity index (χ2n) is 4.98. The molecule has 128 valence electrons. The number of alkyl halides is 3. The third kappa shape index (κ3) is 17.7. The van der Waals surface area contributed by atoms with Gasteiger partial charge in [-0.3, -0.25) is 4.99 Å².